The topological polar surface area (TPSA) is 63.1 Å². The summed E-state index contributed by atoms with van der Waals surface area (Å²) in [7, 11) is 0. The molecule has 0 spiro atoms. The van der Waals surface area contributed by atoms with Crippen LogP contribution in [-0.4, -0.2) is 27.0 Å². The van der Waals surface area contributed by atoms with Gasteiger partial charge in [0.15, 0.2) is 4.34 Å². The van der Waals surface area contributed by atoms with Gasteiger partial charge in [-0.3, -0.25) is 4.79 Å². The lowest BCUT2D eigenvalue weighted by Crippen LogP contribution is -1.94. The van der Waals surface area contributed by atoms with Gasteiger partial charge in [-0.15, -0.1) is 10.2 Å². The summed E-state index contributed by atoms with van der Waals surface area (Å²) in [6.07, 6.45) is 1.91. The largest absolute Gasteiger partial charge is 0.481 e. The molecule has 0 fully saturated rings. The Hall–Kier alpha value is -0.620. The van der Waals surface area contributed by atoms with Gasteiger partial charge in [0.25, 0.3) is 0 Å². The SMILES string of the molecule is O=C(O)CCCCSc1nncs1. The minimum atomic E-state index is -0.721. The molecule has 0 aliphatic carbocycles. The zero-order valence-electron chi connectivity index (χ0n) is 6.97. The number of carboxylic acids is 1. The predicted octanol–water partition coefficient (Wildman–Crippen LogP) is 1.89. The van der Waals surface area contributed by atoms with Gasteiger partial charge in [0.1, 0.15) is 5.51 Å². The van der Waals surface area contributed by atoms with Crippen molar-refractivity contribution in [3.8, 4) is 0 Å². The second kappa shape index (κ2) is 5.93. The highest BCUT2D eigenvalue weighted by atomic mass is 32.2. The third-order valence-corrected chi connectivity index (χ3v) is 3.30. The molecule has 1 heterocycles. The zero-order chi connectivity index (χ0) is 9.52. The first kappa shape index (κ1) is 10.5. The number of aliphatic carboxylic acids is 1. The van der Waals surface area contributed by atoms with Crippen molar-refractivity contribution in [2.24, 2.45) is 0 Å². The molecule has 1 aromatic rings. The molecule has 4 nitrogen and oxygen atoms in total. The molecule has 1 N–H and O–H groups in total. The molecule has 1 rings (SSSR count). The minimum Gasteiger partial charge on any atom is -0.481 e. The summed E-state index contributed by atoms with van der Waals surface area (Å²) in [5, 5.41) is 15.9. The maximum Gasteiger partial charge on any atom is 0.303 e. The normalized spacial score (nSPS) is 10.2. The van der Waals surface area contributed by atoms with Gasteiger partial charge in [0.2, 0.25) is 0 Å². The zero-order valence-corrected chi connectivity index (χ0v) is 8.61. The molecule has 0 saturated heterocycles. The number of hydrogen-bond donors (Lipinski definition) is 1. The molecule has 1 aromatic heterocycles. The van der Waals surface area contributed by atoms with Crippen molar-refractivity contribution in [2.45, 2.75) is 23.6 Å². The molecular formula is C7H10N2O2S2. The molecule has 6 heteroatoms. The molecule has 13 heavy (non-hydrogen) atoms. The van der Waals surface area contributed by atoms with Crippen molar-refractivity contribution >= 4 is 29.1 Å². The summed E-state index contributed by atoms with van der Waals surface area (Å²) in [5.74, 6) is 0.198. The number of rotatable bonds is 6. The Labute approximate surface area is 84.4 Å². The van der Waals surface area contributed by atoms with Crippen LogP contribution < -0.4 is 0 Å². The Balaban J connectivity index is 1.99. The van der Waals surface area contributed by atoms with Crippen LogP contribution >= 0.6 is 23.1 Å². The van der Waals surface area contributed by atoms with Crippen LogP contribution in [0.2, 0.25) is 0 Å². The fourth-order valence-electron chi connectivity index (χ4n) is 0.764. The number of unbranched alkanes of at least 4 members (excludes halogenated alkanes) is 1. The Morgan fingerprint density at radius 1 is 1.62 bits per heavy atom. The molecule has 0 atom stereocenters. The molecule has 0 aromatic carbocycles. The van der Waals surface area contributed by atoms with Crippen LogP contribution in [0.5, 0.6) is 0 Å². The quantitative estimate of drug-likeness (QED) is 0.583. The lowest BCUT2D eigenvalue weighted by molar-refractivity contribution is -0.137. The summed E-state index contributed by atoms with van der Waals surface area (Å²) in [4.78, 5) is 10.2. The highest BCUT2D eigenvalue weighted by Crippen LogP contribution is 2.20. The van der Waals surface area contributed by atoms with Crippen LogP contribution in [0.4, 0.5) is 0 Å². The fourth-order valence-corrected chi connectivity index (χ4v) is 2.32. The van der Waals surface area contributed by atoms with E-state index < -0.39 is 5.97 Å². The van der Waals surface area contributed by atoms with Crippen LogP contribution in [0.15, 0.2) is 9.85 Å². The maximum absolute atomic E-state index is 10.2. The third-order valence-electron chi connectivity index (χ3n) is 1.35. The molecule has 0 amide bonds. The lowest BCUT2D eigenvalue weighted by atomic mass is 10.3. The smallest absolute Gasteiger partial charge is 0.303 e. The summed E-state index contributed by atoms with van der Waals surface area (Å²) in [5.41, 5.74) is 1.69. The van der Waals surface area contributed by atoms with Crippen molar-refractivity contribution in [2.75, 3.05) is 5.75 Å². The van der Waals surface area contributed by atoms with Gasteiger partial charge >= 0.3 is 5.97 Å². The predicted molar refractivity (Wildman–Crippen MR) is 52.1 cm³/mol. The summed E-state index contributed by atoms with van der Waals surface area (Å²) in [6.45, 7) is 0. The lowest BCUT2D eigenvalue weighted by Gasteiger charge is -1.95. The molecule has 0 aliphatic rings. The van der Waals surface area contributed by atoms with Gasteiger partial charge in [-0.25, -0.2) is 0 Å². The van der Waals surface area contributed by atoms with E-state index in [2.05, 4.69) is 10.2 Å². The first-order valence-electron chi connectivity index (χ1n) is 3.90. The van der Waals surface area contributed by atoms with E-state index in [-0.39, 0.29) is 6.42 Å². The number of aromatic nitrogens is 2. The second-order valence-electron chi connectivity index (χ2n) is 2.40. The first-order valence-corrected chi connectivity index (χ1v) is 5.76. The van der Waals surface area contributed by atoms with Crippen LogP contribution in [0.25, 0.3) is 0 Å². The van der Waals surface area contributed by atoms with Gasteiger partial charge in [-0.2, -0.15) is 0 Å². The molecule has 0 saturated carbocycles. The van der Waals surface area contributed by atoms with E-state index in [0.29, 0.717) is 0 Å². The van der Waals surface area contributed by atoms with E-state index in [9.17, 15) is 4.79 Å². The number of thioether (sulfide) groups is 1. The molecule has 72 valence electrons. The number of nitrogens with zero attached hydrogens (tertiary/aromatic N) is 2. The van der Waals surface area contributed by atoms with Crippen molar-refractivity contribution in [3.63, 3.8) is 0 Å². The number of hydrogen-bond acceptors (Lipinski definition) is 5. The summed E-state index contributed by atoms with van der Waals surface area (Å²) in [6, 6.07) is 0. The first-order chi connectivity index (χ1) is 6.29. The Kier molecular flexibility index (Phi) is 4.77. The Bertz CT molecular complexity index is 251. The molecule has 0 radical (unpaired) electrons. The maximum atomic E-state index is 10.2. The Morgan fingerprint density at radius 3 is 3.08 bits per heavy atom. The number of carbonyl (C=O) groups is 1. The highest BCUT2D eigenvalue weighted by Gasteiger charge is 1.99. The van der Waals surface area contributed by atoms with Crippen molar-refractivity contribution in [3.05, 3.63) is 5.51 Å². The van der Waals surface area contributed by atoms with E-state index >= 15 is 0 Å². The van der Waals surface area contributed by atoms with Crippen LogP contribution in [-0.2, 0) is 4.79 Å². The summed E-state index contributed by atoms with van der Waals surface area (Å²) < 4.78 is 0.954. The molecule has 0 aliphatic heterocycles. The van der Waals surface area contributed by atoms with E-state index in [1.807, 2.05) is 0 Å². The minimum absolute atomic E-state index is 0.261. The van der Waals surface area contributed by atoms with Gasteiger partial charge < -0.3 is 5.11 Å². The van der Waals surface area contributed by atoms with Gasteiger partial charge in [-0.05, 0) is 12.8 Å². The average Bonchev–Trinajstić information content (AvgIpc) is 2.55. The monoisotopic (exact) mass is 218 g/mol. The van der Waals surface area contributed by atoms with Crippen LogP contribution in [0.3, 0.4) is 0 Å². The van der Waals surface area contributed by atoms with E-state index in [1.165, 1.54) is 11.3 Å². The molecule has 0 unspecified atom stereocenters. The molecular weight excluding hydrogens is 208 g/mol. The van der Waals surface area contributed by atoms with Crippen LogP contribution in [0.1, 0.15) is 19.3 Å². The van der Waals surface area contributed by atoms with Gasteiger partial charge in [0, 0.05) is 12.2 Å². The van der Waals surface area contributed by atoms with E-state index in [0.717, 1.165) is 22.9 Å². The second-order valence-corrected chi connectivity index (χ2v) is 4.58. The third kappa shape index (κ3) is 4.84. The van der Waals surface area contributed by atoms with Gasteiger partial charge in [0.05, 0.1) is 0 Å². The Morgan fingerprint density at radius 2 is 2.46 bits per heavy atom. The van der Waals surface area contributed by atoms with E-state index in [1.54, 1.807) is 17.3 Å². The summed E-state index contributed by atoms with van der Waals surface area (Å²) >= 11 is 3.14. The fraction of sp³-hybridized carbons (Fsp3) is 0.571. The highest BCUT2D eigenvalue weighted by molar-refractivity contribution is 8.00. The van der Waals surface area contributed by atoms with Gasteiger partial charge in [-0.1, -0.05) is 23.1 Å². The van der Waals surface area contributed by atoms with Crippen molar-refractivity contribution in [1.82, 2.24) is 10.2 Å². The molecule has 0 bridgehead atoms. The van der Waals surface area contributed by atoms with Crippen molar-refractivity contribution < 1.29 is 9.90 Å². The standard InChI is InChI=1S/C7H10N2O2S2/c10-6(11)3-1-2-4-12-7-9-8-5-13-7/h5H,1-4H2,(H,10,11). The van der Waals surface area contributed by atoms with Crippen molar-refractivity contribution in [1.29, 1.82) is 0 Å². The number of carboxylic acid groups (broad SMARTS) is 1. The van der Waals surface area contributed by atoms with Crippen LogP contribution in [0, 0.1) is 0 Å². The average molecular weight is 218 g/mol. The van der Waals surface area contributed by atoms with E-state index in [4.69, 9.17) is 5.11 Å².